The van der Waals surface area contributed by atoms with Gasteiger partial charge in [0, 0.05) is 24.9 Å². The van der Waals surface area contributed by atoms with E-state index in [9.17, 15) is 8.42 Å². The number of benzene rings is 2. The molecule has 6 aliphatic rings. The summed E-state index contributed by atoms with van der Waals surface area (Å²) in [4.78, 5) is 2.91. The molecule has 192 valence electrons. The number of nitrogens with zero attached hydrogens (tertiary/aromatic N) is 1. The Morgan fingerprint density at radius 3 is 2.08 bits per heavy atom. The molecule has 4 bridgehead atoms. The van der Waals surface area contributed by atoms with E-state index in [-0.39, 0.29) is 11.4 Å². The summed E-state index contributed by atoms with van der Waals surface area (Å²) >= 11 is 0. The minimum absolute atomic E-state index is 0.0145. The van der Waals surface area contributed by atoms with Crippen molar-refractivity contribution in [3.63, 3.8) is 0 Å². The summed E-state index contributed by atoms with van der Waals surface area (Å²) < 4.78 is 30.0. The first-order valence-electron chi connectivity index (χ1n) is 14.1. The van der Waals surface area contributed by atoms with Gasteiger partial charge in [0.2, 0.25) is 0 Å². The van der Waals surface area contributed by atoms with Gasteiger partial charge in [-0.25, -0.2) is 8.42 Å². The number of ether oxygens (including phenoxy) is 1. The first-order valence-corrected chi connectivity index (χ1v) is 16.2. The topological polar surface area (TPSA) is 46.6 Å². The molecular weight excluding hydrogens is 466 g/mol. The van der Waals surface area contributed by atoms with Crippen LogP contribution in [0.5, 0.6) is 5.75 Å². The maximum absolute atomic E-state index is 11.6. The highest BCUT2D eigenvalue weighted by atomic mass is 32.2. The van der Waals surface area contributed by atoms with Crippen molar-refractivity contribution in [2.24, 2.45) is 17.8 Å². The molecule has 4 nitrogen and oxygen atoms in total. The fourth-order valence-electron chi connectivity index (χ4n) is 8.99. The molecule has 8 rings (SSSR count). The number of hydrogen-bond donors (Lipinski definition) is 0. The Bertz CT molecular complexity index is 1220. The van der Waals surface area contributed by atoms with Crippen LogP contribution in [0.15, 0.2) is 42.5 Å². The van der Waals surface area contributed by atoms with Gasteiger partial charge in [-0.1, -0.05) is 30.3 Å². The van der Waals surface area contributed by atoms with Crippen molar-refractivity contribution in [2.45, 2.75) is 81.1 Å². The van der Waals surface area contributed by atoms with Crippen molar-refractivity contribution in [2.75, 3.05) is 19.3 Å². The number of piperidine rings is 1. The molecule has 0 amide bonds. The van der Waals surface area contributed by atoms with Crippen molar-refractivity contribution in [3.05, 3.63) is 53.6 Å². The first-order chi connectivity index (χ1) is 17.3. The SMILES string of the molecule is CS(=O)(=O)Cc1ccc(-c2ccc3c(c2)CCC2(CCN(C45CC6CC(CC(C6)C4)C5)CC2)O3)cc1. The van der Waals surface area contributed by atoms with Crippen molar-refractivity contribution in [1.29, 1.82) is 0 Å². The van der Waals surface area contributed by atoms with Gasteiger partial charge in [0.25, 0.3) is 0 Å². The van der Waals surface area contributed by atoms with Crippen molar-refractivity contribution in [3.8, 4) is 16.9 Å². The van der Waals surface area contributed by atoms with Crippen LogP contribution in [0.4, 0.5) is 0 Å². The Morgan fingerprint density at radius 1 is 0.861 bits per heavy atom. The normalized spacial score (nSPS) is 32.9. The van der Waals surface area contributed by atoms with Crippen LogP contribution in [0.2, 0.25) is 0 Å². The van der Waals surface area contributed by atoms with E-state index in [1.54, 1.807) is 0 Å². The number of rotatable bonds is 4. The zero-order valence-electron chi connectivity index (χ0n) is 21.5. The number of hydrogen-bond acceptors (Lipinski definition) is 4. The molecule has 5 fully saturated rings. The van der Waals surface area contributed by atoms with Gasteiger partial charge in [0.1, 0.15) is 11.4 Å². The van der Waals surface area contributed by atoms with E-state index >= 15 is 0 Å². The van der Waals surface area contributed by atoms with Crippen LogP contribution in [-0.2, 0) is 22.0 Å². The Balaban J connectivity index is 1.03. The average molecular weight is 506 g/mol. The molecule has 0 aromatic heterocycles. The molecule has 0 radical (unpaired) electrons. The van der Waals surface area contributed by atoms with E-state index in [0.29, 0.717) is 5.54 Å². The van der Waals surface area contributed by atoms with Crippen molar-refractivity contribution in [1.82, 2.24) is 4.90 Å². The van der Waals surface area contributed by atoms with Crippen LogP contribution in [0.1, 0.15) is 68.9 Å². The van der Waals surface area contributed by atoms with E-state index in [1.165, 1.54) is 69.0 Å². The van der Waals surface area contributed by atoms with Gasteiger partial charge in [0.15, 0.2) is 9.84 Å². The predicted molar refractivity (Wildman–Crippen MR) is 144 cm³/mol. The highest BCUT2D eigenvalue weighted by Crippen LogP contribution is 2.58. The second kappa shape index (κ2) is 8.33. The lowest BCUT2D eigenvalue weighted by Crippen LogP contribution is -2.63. The van der Waals surface area contributed by atoms with E-state index < -0.39 is 9.84 Å². The molecule has 4 aliphatic carbocycles. The van der Waals surface area contributed by atoms with Gasteiger partial charge in [-0.3, -0.25) is 4.90 Å². The summed E-state index contributed by atoms with van der Waals surface area (Å²) in [5.41, 5.74) is 4.98. The Hall–Kier alpha value is -1.85. The molecule has 2 aliphatic heterocycles. The fourth-order valence-corrected chi connectivity index (χ4v) is 9.79. The molecule has 0 unspecified atom stereocenters. The van der Waals surface area contributed by atoms with Crippen LogP contribution < -0.4 is 4.74 Å². The minimum Gasteiger partial charge on any atom is -0.487 e. The fraction of sp³-hybridized carbons (Fsp3) is 0.613. The van der Waals surface area contributed by atoms with Crippen LogP contribution in [0.25, 0.3) is 11.1 Å². The monoisotopic (exact) mass is 505 g/mol. The zero-order valence-corrected chi connectivity index (χ0v) is 22.4. The van der Waals surface area contributed by atoms with Gasteiger partial charge < -0.3 is 4.74 Å². The molecule has 0 N–H and O–H groups in total. The molecule has 2 heterocycles. The zero-order chi connectivity index (χ0) is 24.5. The predicted octanol–water partition coefficient (Wildman–Crippen LogP) is 6.03. The summed E-state index contributed by atoms with van der Waals surface area (Å²) in [6, 6.07) is 14.5. The van der Waals surface area contributed by atoms with Gasteiger partial charge >= 0.3 is 0 Å². The maximum atomic E-state index is 11.6. The smallest absolute Gasteiger partial charge is 0.151 e. The molecule has 2 aromatic carbocycles. The van der Waals surface area contributed by atoms with Gasteiger partial charge in [-0.05, 0) is 116 Å². The molecule has 36 heavy (non-hydrogen) atoms. The largest absolute Gasteiger partial charge is 0.487 e. The molecule has 1 saturated heterocycles. The lowest BCUT2D eigenvalue weighted by Gasteiger charge is -2.62. The third-order valence-corrected chi connectivity index (χ3v) is 11.2. The van der Waals surface area contributed by atoms with Crippen LogP contribution in [-0.4, -0.2) is 43.8 Å². The van der Waals surface area contributed by atoms with Crippen LogP contribution >= 0.6 is 0 Å². The van der Waals surface area contributed by atoms with Crippen LogP contribution in [0, 0.1) is 17.8 Å². The molecule has 1 spiro atoms. The molecule has 4 saturated carbocycles. The van der Waals surface area contributed by atoms with E-state index in [1.807, 2.05) is 24.3 Å². The quantitative estimate of drug-likeness (QED) is 0.509. The summed E-state index contributed by atoms with van der Waals surface area (Å²) in [6.45, 7) is 2.42. The summed E-state index contributed by atoms with van der Waals surface area (Å²) in [7, 11) is -3.02. The lowest BCUT2D eigenvalue weighted by molar-refractivity contribution is -0.118. The second-order valence-electron chi connectivity index (χ2n) is 13.0. The number of aryl methyl sites for hydroxylation is 1. The minimum atomic E-state index is -3.02. The summed E-state index contributed by atoms with van der Waals surface area (Å²) in [5, 5.41) is 0. The van der Waals surface area contributed by atoms with Gasteiger partial charge in [0.05, 0.1) is 5.75 Å². The highest BCUT2D eigenvalue weighted by molar-refractivity contribution is 7.89. The molecular formula is C31H39NO3S. The highest BCUT2D eigenvalue weighted by Gasteiger charge is 2.55. The Morgan fingerprint density at radius 2 is 1.47 bits per heavy atom. The maximum Gasteiger partial charge on any atom is 0.151 e. The first kappa shape index (κ1) is 23.3. The average Bonchev–Trinajstić information content (AvgIpc) is 2.83. The standard InChI is InChI=1S/C31H39NO3S/c1-36(33,34)21-22-2-4-26(5-3-22)27-6-7-29-28(17-27)8-9-31(35-29)10-12-32(13-11-31)30-18-23-14-24(19-30)16-25(15-23)20-30/h2-7,17,23-25H,8-16,18-21H2,1H3. The lowest BCUT2D eigenvalue weighted by atomic mass is 9.52. The van der Waals surface area contributed by atoms with Crippen molar-refractivity contribution >= 4 is 9.84 Å². The third-order valence-electron chi connectivity index (χ3n) is 10.3. The molecule has 5 heteroatoms. The number of likely N-dealkylation sites (tertiary alicyclic amines) is 1. The van der Waals surface area contributed by atoms with Crippen LogP contribution in [0.3, 0.4) is 0 Å². The Kier molecular flexibility index (Phi) is 5.38. The summed E-state index contributed by atoms with van der Waals surface area (Å²) in [5.74, 6) is 4.19. The van der Waals surface area contributed by atoms with Gasteiger partial charge in [-0.15, -0.1) is 0 Å². The molecule has 2 aromatic rings. The van der Waals surface area contributed by atoms with Gasteiger partial charge in [-0.2, -0.15) is 0 Å². The van der Waals surface area contributed by atoms with Crippen molar-refractivity contribution < 1.29 is 13.2 Å². The van der Waals surface area contributed by atoms with E-state index in [4.69, 9.17) is 4.74 Å². The molecule has 0 atom stereocenters. The Labute approximate surface area is 216 Å². The second-order valence-corrected chi connectivity index (χ2v) is 15.1. The van der Waals surface area contributed by atoms with E-state index in [0.717, 1.165) is 60.3 Å². The number of fused-ring (bicyclic) bond motifs is 1. The van der Waals surface area contributed by atoms with E-state index in [2.05, 4.69) is 23.1 Å². The summed E-state index contributed by atoms with van der Waals surface area (Å²) in [6.07, 6.45) is 14.8. The third kappa shape index (κ3) is 4.20. The number of sulfone groups is 1.